The topological polar surface area (TPSA) is 83.7 Å². The number of ether oxygens (including phenoxy) is 3. The molecule has 0 saturated heterocycles. The number of aromatic nitrogens is 1. The molecule has 0 amide bonds. The minimum absolute atomic E-state index is 0.180. The highest BCUT2D eigenvalue weighted by molar-refractivity contribution is 7.10. The second-order valence-corrected chi connectivity index (χ2v) is 5.35. The number of nitrogens with zero attached hydrogens (tertiary/aromatic N) is 1. The van der Waals surface area contributed by atoms with Crippen LogP contribution in [-0.2, 0) is 17.8 Å². The molecule has 1 aliphatic rings. The zero-order valence-electron chi connectivity index (χ0n) is 11.4. The molecule has 1 aromatic carbocycles. The van der Waals surface area contributed by atoms with Crippen LogP contribution in [0, 0.1) is 0 Å². The third kappa shape index (κ3) is 2.64. The van der Waals surface area contributed by atoms with Crippen LogP contribution in [0.4, 0.5) is 5.00 Å². The molecule has 6 nitrogen and oxygen atoms in total. The zero-order valence-corrected chi connectivity index (χ0v) is 12.2. The molecule has 0 aliphatic carbocycles. The normalized spacial score (nSPS) is 12.6. The lowest BCUT2D eigenvalue weighted by atomic mass is 10.1. The van der Waals surface area contributed by atoms with E-state index in [9.17, 15) is 4.79 Å². The van der Waals surface area contributed by atoms with Crippen molar-refractivity contribution in [1.29, 1.82) is 0 Å². The third-order valence-electron chi connectivity index (χ3n) is 3.21. The lowest BCUT2D eigenvalue weighted by Gasteiger charge is -2.07. The molecule has 0 spiro atoms. The predicted molar refractivity (Wildman–Crippen MR) is 77.8 cm³/mol. The van der Waals surface area contributed by atoms with Crippen LogP contribution in [0.2, 0.25) is 0 Å². The SMILES string of the molecule is COC(=O)c1c(OCc2ccc3c(c2)OCC3)nsc1N. The van der Waals surface area contributed by atoms with Crippen molar-refractivity contribution in [3.05, 3.63) is 34.9 Å². The Hall–Kier alpha value is -2.28. The van der Waals surface area contributed by atoms with Gasteiger partial charge in [-0.05, 0) is 28.7 Å². The van der Waals surface area contributed by atoms with E-state index in [1.54, 1.807) is 0 Å². The van der Waals surface area contributed by atoms with Crippen LogP contribution >= 0.6 is 11.5 Å². The Morgan fingerprint density at radius 3 is 3.19 bits per heavy atom. The van der Waals surface area contributed by atoms with E-state index in [1.165, 1.54) is 12.7 Å². The quantitative estimate of drug-likeness (QED) is 0.870. The summed E-state index contributed by atoms with van der Waals surface area (Å²) in [6.07, 6.45) is 0.936. The van der Waals surface area contributed by atoms with Gasteiger partial charge in [0.1, 0.15) is 17.4 Å². The van der Waals surface area contributed by atoms with Crippen molar-refractivity contribution < 1.29 is 19.0 Å². The number of fused-ring (bicyclic) bond motifs is 1. The van der Waals surface area contributed by atoms with Crippen molar-refractivity contribution in [2.24, 2.45) is 0 Å². The second-order valence-electron chi connectivity index (χ2n) is 4.55. The molecule has 2 heterocycles. The molecule has 0 saturated carbocycles. The molecule has 0 bridgehead atoms. The first-order chi connectivity index (χ1) is 10.2. The van der Waals surface area contributed by atoms with Crippen LogP contribution in [0.15, 0.2) is 18.2 Å². The molecule has 21 heavy (non-hydrogen) atoms. The number of anilines is 1. The van der Waals surface area contributed by atoms with Crippen molar-refractivity contribution >= 4 is 22.5 Å². The van der Waals surface area contributed by atoms with Gasteiger partial charge < -0.3 is 19.9 Å². The van der Waals surface area contributed by atoms with E-state index in [0.29, 0.717) is 0 Å². The van der Waals surface area contributed by atoms with Gasteiger partial charge in [-0.2, -0.15) is 4.37 Å². The molecule has 2 N–H and O–H groups in total. The maximum Gasteiger partial charge on any atom is 0.346 e. The minimum Gasteiger partial charge on any atom is -0.493 e. The highest BCUT2D eigenvalue weighted by Gasteiger charge is 2.21. The van der Waals surface area contributed by atoms with Crippen LogP contribution in [0.1, 0.15) is 21.5 Å². The Labute approximate surface area is 125 Å². The Morgan fingerprint density at radius 2 is 2.38 bits per heavy atom. The van der Waals surface area contributed by atoms with Crippen LogP contribution in [-0.4, -0.2) is 24.1 Å². The third-order valence-corrected chi connectivity index (χ3v) is 3.87. The van der Waals surface area contributed by atoms with Gasteiger partial charge in [0.15, 0.2) is 5.56 Å². The van der Waals surface area contributed by atoms with Crippen LogP contribution in [0.25, 0.3) is 0 Å². The van der Waals surface area contributed by atoms with Crippen LogP contribution < -0.4 is 15.2 Å². The molecule has 110 valence electrons. The number of carbonyl (C=O) groups is 1. The van der Waals surface area contributed by atoms with E-state index in [-0.39, 0.29) is 23.1 Å². The summed E-state index contributed by atoms with van der Waals surface area (Å²) in [7, 11) is 1.29. The highest BCUT2D eigenvalue weighted by atomic mass is 32.1. The number of nitrogens with two attached hydrogens (primary N) is 1. The Bertz CT molecular complexity index is 684. The maximum absolute atomic E-state index is 11.6. The van der Waals surface area contributed by atoms with E-state index in [4.69, 9.17) is 15.2 Å². The number of esters is 1. The number of hydrogen-bond donors (Lipinski definition) is 1. The summed E-state index contributed by atoms with van der Waals surface area (Å²) in [6.45, 7) is 0.999. The summed E-state index contributed by atoms with van der Waals surface area (Å²) >= 11 is 1.01. The van der Waals surface area contributed by atoms with Crippen molar-refractivity contribution in [1.82, 2.24) is 4.37 Å². The van der Waals surface area contributed by atoms with Gasteiger partial charge in [0.05, 0.1) is 13.7 Å². The summed E-state index contributed by atoms with van der Waals surface area (Å²) in [4.78, 5) is 11.6. The van der Waals surface area contributed by atoms with E-state index in [2.05, 4.69) is 9.11 Å². The van der Waals surface area contributed by atoms with Crippen LogP contribution in [0.5, 0.6) is 11.6 Å². The Balaban J connectivity index is 1.75. The van der Waals surface area contributed by atoms with E-state index in [0.717, 1.165) is 35.9 Å². The molecule has 3 rings (SSSR count). The van der Waals surface area contributed by atoms with E-state index >= 15 is 0 Å². The van der Waals surface area contributed by atoms with E-state index < -0.39 is 5.97 Å². The Kier molecular flexibility index (Phi) is 3.66. The van der Waals surface area contributed by atoms with Gasteiger partial charge in [0.25, 0.3) is 0 Å². The predicted octanol–water partition coefficient (Wildman–Crippen LogP) is 2.03. The summed E-state index contributed by atoms with van der Waals surface area (Å²) in [5.74, 6) is 0.543. The van der Waals surface area contributed by atoms with Gasteiger partial charge in [-0.3, -0.25) is 0 Å². The smallest absolute Gasteiger partial charge is 0.346 e. The summed E-state index contributed by atoms with van der Waals surface area (Å²) < 4.78 is 19.8. The second kappa shape index (κ2) is 5.61. The maximum atomic E-state index is 11.6. The molecular weight excluding hydrogens is 292 g/mol. The van der Waals surface area contributed by atoms with Gasteiger partial charge in [-0.15, -0.1) is 0 Å². The highest BCUT2D eigenvalue weighted by Crippen LogP contribution is 2.30. The average molecular weight is 306 g/mol. The molecule has 1 aliphatic heterocycles. The van der Waals surface area contributed by atoms with E-state index in [1.807, 2.05) is 18.2 Å². The van der Waals surface area contributed by atoms with Crippen molar-refractivity contribution in [3.8, 4) is 11.6 Å². The fourth-order valence-corrected chi connectivity index (χ4v) is 2.72. The minimum atomic E-state index is -0.548. The molecular formula is C14H14N2O4S. The van der Waals surface area contributed by atoms with Crippen molar-refractivity contribution in [2.75, 3.05) is 19.5 Å². The lowest BCUT2D eigenvalue weighted by molar-refractivity contribution is 0.0597. The van der Waals surface area contributed by atoms with Gasteiger partial charge in [-0.25, -0.2) is 4.79 Å². The fraction of sp³-hybridized carbons (Fsp3) is 0.286. The van der Waals surface area contributed by atoms with Gasteiger partial charge in [-0.1, -0.05) is 12.1 Å². The number of methoxy groups -OCH3 is 1. The average Bonchev–Trinajstić information content (AvgIpc) is 3.10. The number of rotatable bonds is 4. The number of benzene rings is 1. The van der Waals surface area contributed by atoms with Gasteiger partial charge >= 0.3 is 5.97 Å². The first kappa shape index (κ1) is 13.7. The molecule has 0 atom stereocenters. The number of nitrogen functional groups attached to an aromatic ring is 1. The summed E-state index contributed by atoms with van der Waals surface area (Å²) in [6, 6.07) is 5.94. The molecule has 0 radical (unpaired) electrons. The monoisotopic (exact) mass is 306 g/mol. The molecule has 0 unspecified atom stereocenters. The molecule has 7 heteroatoms. The summed E-state index contributed by atoms with van der Waals surface area (Å²) in [5, 5.41) is 0.286. The molecule has 1 aromatic heterocycles. The largest absolute Gasteiger partial charge is 0.493 e. The summed E-state index contributed by atoms with van der Waals surface area (Å²) in [5.41, 5.74) is 8.04. The molecule has 0 fully saturated rings. The van der Waals surface area contributed by atoms with Gasteiger partial charge in [0.2, 0.25) is 5.88 Å². The standard InChI is InChI=1S/C14H14N2O4S/c1-18-14(17)11-12(15)21-16-13(11)20-7-8-2-3-9-4-5-19-10(9)6-8/h2-3,6H,4-5,7,15H2,1H3. The lowest BCUT2D eigenvalue weighted by Crippen LogP contribution is -2.06. The van der Waals surface area contributed by atoms with Crippen molar-refractivity contribution in [3.63, 3.8) is 0 Å². The zero-order chi connectivity index (χ0) is 14.8. The Morgan fingerprint density at radius 1 is 1.52 bits per heavy atom. The fourth-order valence-electron chi connectivity index (χ4n) is 2.13. The van der Waals surface area contributed by atoms with Gasteiger partial charge in [0, 0.05) is 6.42 Å². The number of carbonyl (C=O) groups excluding carboxylic acids is 1. The molecule has 2 aromatic rings. The number of hydrogen-bond acceptors (Lipinski definition) is 7. The first-order valence-electron chi connectivity index (χ1n) is 6.40. The van der Waals surface area contributed by atoms with Crippen LogP contribution in [0.3, 0.4) is 0 Å². The van der Waals surface area contributed by atoms with Crippen molar-refractivity contribution in [2.45, 2.75) is 13.0 Å². The first-order valence-corrected chi connectivity index (χ1v) is 7.17.